The summed E-state index contributed by atoms with van der Waals surface area (Å²) in [7, 11) is 0. The second-order valence-corrected chi connectivity index (χ2v) is 5.25. The second kappa shape index (κ2) is 5.94. The summed E-state index contributed by atoms with van der Waals surface area (Å²) in [5.74, 6) is 0.670. The van der Waals surface area contributed by atoms with Gasteiger partial charge in [0.05, 0.1) is 5.02 Å². The fourth-order valence-electron chi connectivity index (χ4n) is 1.60. The highest BCUT2D eigenvalue weighted by Gasteiger charge is 2.22. The molecule has 4 heteroatoms. The summed E-state index contributed by atoms with van der Waals surface area (Å²) in [6.07, 6.45) is 3.66. The Bertz CT molecular complexity index is 380. The maximum Gasteiger partial charge on any atom is 0.139 e. The Morgan fingerprint density at radius 3 is 2.82 bits per heavy atom. The topological polar surface area (TPSA) is 21.3 Å². The van der Waals surface area contributed by atoms with Crippen LogP contribution in [0.4, 0.5) is 0 Å². The van der Waals surface area contributed by atoms with Gasteiger partial charge in [-0.05, 0) is 31.4 Å². The molecule has 0 bridgehead atoms. The highest BCUT2D eigenvalue weighted by molar-refractivity contribution is 6.34. The zero-order valence-electron chi connectivity index (χ0n) is 9.88. The van der Waals surface area contributed by atoms with Crippen molar-refractivity contribution in [3.63, 3.8) is 0 Å². The number of rotatable bonds is 6. The molecule has 2 rings (SSSR count). The van der Waals surface area contributed by atoms with Gasteiger partial charge in [-0.1, -0.05) is 30.1 Å². The van der Waals surface area contributed by atoms with E-state index in [-0.39, 0.29) is 6.10 Å². The van der Waals surface area contributed by atoms with Crippen LogP contribution >= 0.6 is 23.2 Å². The number of ether oxygens (including phenoxy) is 1. The van der Waals surface area contributed by atoms with Gasteiger partial charge in [0.15, 0.2) is 0 Å². The third kappa shape index (κ3) is 4.06. The molecule has 0 aromatic heterocycles. The fourth-order valence-corrected chi connectivity index (χ4v) is 1.93. The maximum absolute atomic E-state index is 6.07. The molecule has 0 spiro atoms. The second-order valence-electron chi connectivity index (χ2n) is 4.41. The van der Waals surface area contributed by atoms with E-state index in [4.69, 9.17) is 27.9 Å². The Hall–Kier alpha value is -0.440. The lowest BCUT2D eigenvalue weighted by molar-refractivity contribution is 0.193. The lowest BCUT2D eigenvalue weighted by Gasteiger charge is -2.19. The van der Waals surface area contributed by atoms with Crippen molar-refractivity contribution in [3.8, 4) is 5.75 Å². The monoisotopic (exact) mass is 273 g/mol. The molecule has 0 amide bonds. The Balaban J connectivity index is 1.93. The molecule has 1 unspecified atom stereocenters. The molecule has 0 heterocycles. The van der Waals surface area contributed by atoms with Gasteiger partial charge in [0, 0.05) is 23.7 Å². The number of halogens is 2. The van der Waals surface area contributed by atoms with Crippen LogP contribution in [0.5, 0.6) is 5.75 Å². The van der Waals surface area contributed by atoms with E-state index < -0.39 is 0 Å². The standard InChI is InChI=1S/C13H17Cl2NO/c1-2-11(8-16-10-4-5-10)17-13-7-9(14)3-6-12(13)15/h3,6-7,10-11,16H,2,4-5,8H2,1H3. The van der Waals surface area contributed by atoms with Crippen LogP contribution in [-0.2, 0) is 0 Å². The highest BCUT2D eigenvalue weighted by atomic mass is 35.5. The summed E-state index contributed by atoms with van der Waals surface area (Å²) in [6.45, 7) is 2.97. The summed E-state index contributed by atoms with van der Waals surface area (Å²) < 4.78 is 5.87. The molecular weight excluding hydrogens is 257 g/mol. The normalized spacial score (nSPS) is 16.9. The first kappa shape index (κ1) is 13.0. The first-order chi connectivity index (χ1) is 8.19. The van der Waals surface area contributed by atoms with Crippen LogP contribution in [-0.4, -0.2) is 18.7 Å². The van der Waals surface area contributed by atoms with E-state index >= 15 is 0 Å². The number of benzene rings is 1. The lowest BCUT2D eigenvalue weighted by atomic mass is 10.2. The zero-order valence-corrected chi connectivity index (χ0v) is 11.4. The van der Waals surface area contributed by atoms with E-state index in [1.807, 2.05) is 0 Å². The molecule has 0 saturated heterocycles. The van der Waals surface area contributed by atoms with Gasteiger partial charge < -0.3 is 10.1 Å². The van der Waals surface area contributed by atoms with E-state index in [2.05, 4.69) is 12.2 Å². The van der Waals surface area contributed by atoms with Crippen molar-refractivity contribution in [2.45, 2.75) is 38.3 Å². The zero-order chi connectivity index (χ0) is 12.3. The quantitative estimate of drug-likeness (QED) is 0.849. The van der Waals surface area contributed by atoms with Crippen LogP contribution in [0.25, 0.3) is 0 Å². The molecule has 0 radical (unpaired) electrons. The average Bonchev–Trinajstić information content (AvgIpc) is 3.12. The van der Waals surface area contributed by atoms with Crippen molar-refractivity contribution in [1.29, 1.82) is 0 Å². The van der Waals surface area contributed by atoms with Gasteiger partial charge in [0.1, 0.15) is 11.9 Å². The molecule has 17 heavy (non-hydrogen) atoms. The van der Waals surface area contributed by atoms with E-state index in [1.54, 1.807) is 18.2 Å². The maximum atomic E-state index is 6.07. The molecule has 1 aromatic carbocycles. The van der Waals surface area contributed by atoms with Crippen LogP contribution in [0, 0.1) is 0 Å². The van der Waals surface area contributed by atoms with Gasteiger partial charge in [0.2, 0.25) is 0 Å². The molecule has 1 aliphatic rings. The number of nitrogens with one attached hydrogen (secondary N) is 1. The number of hydrogen-bond acceptors (Lipinski definition) is 2. The average molecular weight is 274 g/mol. The minimum atomic E-state index is 0.145. The first-order valence-corrected chi connectivity index (χ1v) is 6.79. The molecule has 1 aliphatic carbocycles. The van der Waals surface area contributed by atoms with Gasteiger partial charge in [0.25, 0.3) is 0 Å². The third-order valence-electron chi connectivity index (χ3n) is 2.85. The highest BCUT2D eigenvalue weighted by Crippen LogP contribution is 2.29. The summed E-state index contributed by atoms with van der Waals surface area (Å²) in [4.78, 5) is 0. The molecule has 1 saturated carbocycles. The minimum absolute atomic E-state index is 0.145. The summed E-state index contributed by atoms with van der Waals surface area (Å²) in [6, 6.07) is 5.99. The molecule has 1 N–H and O–H groups in total. The third-order valence-corrected chi connectivity index (χ3v) is 3.40. The number of hydrogen-bond donors (Lipinski definition) is 1. The predicted molar refractivity (Wildman–Crippen MR) is 72.2 cm³/mol. The molecular formula is C13H17Cl2NO. The van der Waals surface area contributed by atoms with Crippen LogP contribution in [0.1, 0.15) is 26.2 Å². The first-order valence-electron chi connectivity index (χ1n) is 6.04. The molecule has 1 fully saturated rings. The van der Waals surface area contributed by atoms with Crippen LogP contribution in [0.3, 0.4) is 0 Å². The smallest absolute Gasteiger partial charge is 0.139 e. The SMILES string of the molecule is CCC(CNC1CC1)Oc1cc(Cl)ccc1Cl. The molecule has 0 aliphatic heterocycles. The van der Waals surface area contributed by atoms with Gasteiger partial charge >= 0.3 is 0 Å². The fraction of sp³-hybridized carbons (Fsp3) is 0.538. The summed E-state index contributed by atoms with van der Waals surface area (Å²) in [5.41, 5.74) is 0. The predicted octanol–water partition coefficient (Wildman–Crippen LogP) is 3.90. The van der Waals surface area contributed by atoms with Crippen molar-refractivity contribution >= 4 is 23.2 Å². The van der Waals surface area contributed by atoms with Crippen molar-refractivity contribution < 1.29 is 4.74 Å². The van der Waals surface area contributed by atoms with E-state index in [9.17, 15) is 0 Å². The molecule has 1 aromatic rings. The van der Waals surface area contributed by atoms with Crippen LogP contribution in [0.15, 0.2) is 18.2 Å². The van der Waals surface area contributed by atoms with E-state index in [0.717, 1.165) is 13.0 Å². The van der Waals surface area contributed by atoms with Gasteiger partial charge in [-0.3, -0.25) is 0 Å². The van der Waals surface area contributed by atoms with Crippen molar-refractivity contribution in [1.82, 2.24) is 5.32 Å². The minimum Gasteiger partial charge on any atom is -0.488 e. The Labute approximate surface area is 112 Å². The van der Waals surface area contributed by atoms with Gasteiger partial charge in [-0.2, -0.15) is 0 Å². The van der Waals surface area contributed by atoms with Crippen LogP contribution in [0.2, 0.25) is 10.0 Å². The Morgan fingerprint density at radius 2 is 2.18 bits per heavy atom. The van der Waals surface area contributed by atoms with E-state index in [1.165, 1.54) is 12.8 Å². The molecule has 2 nitrogen and oxygen atoms in total. The van der Waals surface area contributed by atoms with Gasteiger partial charge in [-0.15, -0.1) is 0 Å². The lowest BCUT2D eigenvalue weighted by Crippen LogP contribution is -2.32. The Morgan fingerprint density at radius 1 is 1.41 bits per heavy atom. The van der Waals surface area contributed by atoms with E-state index in [0.29, 0.717) is 21.8 Å². The summed E-state index contributed by atoms with van der Waals surface area (Å²) in [5, 5.41) is 4.72. The van der Waals surface area contributed by atoms with Gasteiger partial charge in [-0.25, -0.2) is 0 Å². The Kier molecular flexibility index (Phi) is 4.55. The van der Waals surface area contributed by atoms with Crippen molar-refractivity contribution in [2.75, 3.05) is 6.54 Å². The molecule has 94 valence electrons. The van der Waals surface area contributed by atoms with Crippen molar-refractivity contribution in [3.05, 3.63) is 28.2 Å². The summed E-state index contributed by atoms with van der Waals surface area (Å²) >= 11 is 12.0. The van der Waals surface area contributed by atoms with Crippen molar-refractivity contribution in [2.24, 2.45) is 0 Å². The largest absolute Gasteiger partial charge is 0.488 e. The van der Waals surface area contributed by atoms with Crippen LogP contribution < -0.4 is 10.1 Å². The molecule has 1 atom stereocenters.